The maximum atomic E-state index is 12.8. The van der Waals surface area contributed by atoms with Gasteiger partial charge in [0.15, 0.2) is 5.75 Å². The molecule has 0 aliphatic carbocycles. The smallest absolute Gasteiger partial charge is 0.272 e. The summed E-state index contributed by atoms with van der Waals surface area (Å²) in [7, 11) is 0. The second-order valence-corrected chi connectivity index (χ2v) is 6.66. The number of hydrogen-bond donors (Lipinski definition) is 1. The number of ether oxygens (including phenoxy) is 2. The van der Waals surface area contributed by atoms with Crippen LogP contribution in [0.1, 0.15) is 16.2 Å². The van der Waals surface area contributed by atoms with E-state index in [0.29, 0.717) is 55.1 Å². The molecule has 7 heteroatoms. The molecule has 0 atom stereocenters. The quantitative estimate of drug-likeness (QED) is 0.714. The number of carbonyl (C=O) groups excluding carboxylic acids is 1. The molecule has 1 aliphatic rings. The third-order valence-corrected chi connectivity index (χ3v) is 4.48. The molecule has 1 aromatic heterocycles. The summed E-state index contributed by atoms with van der Waals surface area (Å²) < 4.78 is 11.3. The van der Waals surface area contributed by atoms with E-state index in [1.807, 2.05) is 61.5 Å². The van der Waals surface area contributed by atoms with Crippen molar-refractivity contribution in [2.24, 2.45) is 0 Å². The molecule has 0 saturated carbocycles. The van der Waals surface area contributed by atoms with Gasteiger partial charge in [-0.1, -0.05) is 30.3 Å². The molecule has 0 spiro atoms. The Hall–Kier alpha value is -3.45. The second-order valence-electron chi connectivity index (χ2n) is 6.66. The van der Waals surface area contributed by atoms with Gasteiger partial charge in [0.25, 0.3) is 5.91 Å². The summed E-state index contributed by atoms with van der Waals surface area (Å²) in [6, 6.07) is 18.8. The number of aryl methyl sites for hydroxylation is 1. The third-order valence-electron chi connectivity index (χ3n) is 4.48. The molecule has 1 N–H and O–H groups in total. The van der Waals surface area contributed by atoms with Crippen LogP contribution in [0.15, 0.2) is 60.7 Å². The van der Waals surface area contributed by atoms with Crippen molar-refractivity contribution in [3.8, 4) is 11.5 Å². The van der Waals surface area contributed by atoms with E-state index in [9.17, 15) is 4.79 Å². The minimum absolute atomic E-state index is 0.115. The summed E-state index contributed by atoms with van der Waals surface area (Å²) in [6.45, 7) is 4.07. The predicted octanol–water partition coefficient (Wildman–Crippen LogP) is 3.79. The van der Waals surface area contributed by atoms with Gasteiger partial charge >= 0.3 is 0 Å². The van der Waals surface area contributed by atoms with Crippen LogP contribution in [-0.4, -0.2) is 47.1 Å². The molecular formula is C22H22N4O3. The summed E-state index contributed by atoms with van der Waals surface area (Å²) in [6.07, 6.45) is 0. The van der Waals surface area contributed by atoms with E-state index < -0.39 is 0 Å². The van der Waals surface area contributed by atoms with Gasteiger partial charge in [-0.25, -0.2) is 9.97 Å². The number of aromatic nitrogens is 2. The highest BCUT2D eigenvalue weighted by molar-refractivity contribution is 5.92. The molecule has 4 rings (SSSR count). The molecule has 7 nitrogen and oxygen atoms in total. The summed E-state index contributed by atoms with van der Waals surface area (Å²) in [5.41, 5.74) is 1.79. The lowest BCUT2D eigenvalue weighted by atomic mass is 10.2. The van der Waals surface area contributed by atoms with Crippen LogP contribution in [0.5, 0.6) is 11.5 Å². The lowest BCUT2D eigenvalue weighted by molar-refractivity contribution is 0.0299. The SMILES string of the molecule is Cc1cc(C(=O)N2CCOCC2)nc(Nc2ccccc2Oc2ccccc2)n1. The van der Waals surface area contributed by atoms with E-state index in [1.54, 1.807) is 11.0 Å². The van der Waals surface area contributed by atoms with Crippen molar-refractivity contribution in [2.75, 3.05) is 31.6 Å². The van der Waals surface area contributed by atoms with Crippen LogP contribution in [0.3, 0.4) is 0 Å². The Morgan fingerprint density at radius 2 is 1.76 bits per heavy atom. The maximum absolute atomic E-state index is 12.8. The van der Waals surface area contributed by atoms with Crippen molar-refractivity contribution in [1.82, 2.24) is 14.9 Å². The van der Waals surface area contributed by atoms with Crippen molar-refractivity contribution in [2.45, 2.75) is 6.92 Å². The van der Waals surface area contributed by atoms with Crippen molar-refractivity contribution < 1.29 is 14.3 Å². The summed E-state index contributed by atoms with van der Waals surface area (Å²) >= 11 is 0. The molecular weight excluding hydrogens is 368 g/mol. The van der Waals surface area contributed by atoms with E-state index in [0.717, 1.165) is 5.75 Å². The fraction of sp³-hybridized carbons (Fsp3) is 0.227. The van der Waals surface area contributed by atoms with Gasteiger partial charge in [-0.3, -0.25) is 4.79 Å². The average molecular weight is 390 g/mol. The predicted molar refractivity (Wildman–Crippen MR) is 110 cm³/mol. The summed E-state index contributed by atoms with van der Waals surface area (Å²) in [5, 5.41) is 3.19. The Morgan fingerprint density at radius 1 is 1.03 bits per heavy atom. The molecule has 0 bridgehead atoms. The summed E-state index contributed by atoms with van der Waals surface area (Å²) in [5.74, 6) is 1.61. The highest BCUT2D eigenvalue weighted by Crippen LogP contribution is 2.30. The molecule has 2 aromatic carbocycles. The highest BCUT2D eigenvalue weighted by Gasteiger charge is 2.21. The average Bonchev–Trinajstić information content (AvgIpc) is 2.75. The van der Waals surface area contributed by atoms with Crippen LogP contribution < -0.4 is 10.1 Å². The number of nitrogens with zero attached hydrogens (tertiary/aromatic N) is 3. The van der Waals surface area contributed by atoms with Crippen LogP contribution in [0, 0.1) is 6.92 Å². The lowest BCUT2D eigenvalue weighted by Crippen LogP contribution is -2.41. The number of para-hydroxylation sites is 3. The molecule has 1 fully saturated rings. The van der Waals surface area contributed by atoms with Crippen LogP contribution in [0.4, 0.5) is 11.6 Å². The minimum Gasteiger partial charge on any atom is -0.455 e. The minimum atomic E-state index is -0.115. The van der Waals surface area contributed by atoms with Crippen LogP contribution >= 0.6 is 0 Å². The van der Waals surface area contributed by atoms with E-state index in [4.69, 9.17) is 9.47 Å². The van der Waals surface area contributed by atoms with Gasteiger partial charge in [-0.2, -0.15) is 0 Å². The fourth-order valence-electron chi connectivity index (χ4n) is 3.06. The topological polar surface area (TPSA) is 76.6 Å². The number of carbonyl (C=O) groups is 1. The maximum Gasteiger partial charge on any atom is 0.272 e. The zero-order valence-corrected chi connectivity index (χ0v) is 16.2. The van der Waals surface area contributed by atoms with Gasteiger partial charge in [0, 0.05) is 18.8 Å². The molecule has 3 aromatic rings. The first kappa shape index (κ1) is 18.9. The fourth-order valence-corrected chi connectivity index (χ4v) is 3.06. The van der Waals surface area contributed by atoms with Crippen molar-refractivity contribution in [1.29, 1.82) is 0 Å². The zero-order chi connectivity index (χ0) is 20.1. The molecule has 0 unspecified atom stereocenters. The highest BCUT2D eigenvalue weighted by atomic mass is 16.5. The van der Waals surface area contributed by atoms with E-state index in [-0.39, 0.29) is 5.91 Å². The van der Waals surface area contributed by atoms with E-state index >= 15 is 0 Å². The van der Waals surface area contributed by atoms with Gasteiger partial charge in [0.2, 0.25) is 5.95 Å². The van der Waals surface area contributed by atoms with Crippen LogP contribution in [0.25, 0.3) is 0 Å². The zero-order valence-electron chi connectivity index (χ0n) is 16.2. The van der Waals surface area contributed by atoms with Gasteiger partial charge in [0.05, 0.1) is 18.9 Å². The largest absolute Gasteiger partial charge is 0.455 e. The number of hydrogen-bond acceptors (Lipinski definition) is 6. The Bertz CT molecular complexity index is 988. The van der Waals surface area contributed by atoms with Crippen molar-refractivity contribution in [3.63, 3.8) is 0 Å². The molecule has 0 radical (unpaired) electrons. The second kappa shape index (κ2) is 8.70. The first-order chi connectivity index (χ1) is 14.2. The van der Waals surface area contributed by atoms with Crippen LogP contribution in [0.2, 0.25) is 0 Å². The number of amides is 1. The number of benzene rings is 2. The van der Waals surface area contributed by atoms with Gasteiger partial charge in [-0.05, 0) is 37.3 Å². The number of rotatable bonds is 5. The van der Waals surface area contributed by atoms with Gasteiger partial charge in [0.1, 0.15) is 11.4 Å². The third kappa shape index (κ3) is 4.70. The van der Waals surface area contributed by atoms with Crippen LogP contribution in [-0.2, 0) is 4.74 Å². The van der Waals surface area contributed by atoms with E-state index in [1.165, 1.54) is 0 Å². The first-order valence-corrected chi connectivity index (χ1v) is 9.51. The standard InChI is InChI=1S/C22H22N4O3/c1-16-15-19(21(27)26-11-13-28-14-12-26)25-22(23-16)24-18-9-5-6-10-20(18)29-17-7-3-2-4-8-17/h2-10,15H,11-14H2,1H3,(H,23,24,25). The normalized spacial score (nSPS) is 13.8. The molecule has 148 valence electrons. The molecule has 29 heavy (non-hydrogen) atoms. The molecule has 1 amide bonds. The monoisotopic (exact) mass is 390 g/mol. The van der Waals surface area contributed by atoms with Crippen molar-refractivity contribution in [3.05, 3.63) is 72.1 Å². The van der Waals surface area contributed by atoms with Gasteiger partial charge < -0.3 is 19.7 Å². The Morgan fingerprint density at radius 3 is 2.55 bits per heavy atom. The molecule has 2 heterocycles. The molecule has 1 aliphatic heterocycles. The Kier molecular flexibility index (Phi) is 5.67. The van der Waals surface area contributed by atoms with E-state index in [2.05, 4.69) is 15.3 Å². The molecule has 1 saturated heterocycles. The lowest BCUT2D eigenvalue weighted by Gasteiger charge is -2.26. The number of anilines is 2. The Labute approximate surface area is 169 Å². The first-order valence-electron chi connectivity index (χ1n) is 9.51. The van der Waals surface area contributed by atoms with Crippen molar-refractivity contribution >= 4 is 17.5 Å². The Balaban J connectivity index is 1.57. The summed E-state index contributed by atoms with van der Waals surface area (Å²) in [4.78, 5) is 23.4. The van der Waals surface area contributed by atoms with Gasteiger partial charge in [-0.15, -0.1) is 0 Å². The number of morpholine rings is 1. The number of nitrogens with one attached hydrogen (secondary N) is 1.